The van der Waals surface area contributed by atoms with E-state index in [1.165, 1.54) is 77.1 Å². The Morgan fingerprint density at radius 1 is 0.595 bits per heavy atom. The molecule has 0 saturated carbocycles. The Bertz CT molecular complexity index is 3870. The van der Waals surface area contributed by atoms with Gasteiger partial charge in [-0.05, 0) is 152 Å². The molecule has 0 aliphatic heterocycles. The maximum Gasteiger partial charge on any atom is 0.0553 e. The monoisotopic (exact) mass is 952 g/mol. The number of anilines is 2. The Hall–Kier alpha value is -8.98. The summed E-state index contributed by atoms with van der Waals surface area (Å²) in [6.07, 6.45) is 24.1. The van der Waals surface area contributed by atoms with Crippen LogP contribution >= 0.6 is 0 Å². The predicted octanol–water partition coefficient (Wildman–Crippen LogP) is 20.2. The molecule has 358 valence electrons. The third kappa shape index (κ3) is 9.47. The van der Waals surface area contributed by atoms with Crippen molar-refractivity contribution in [3.63, 3.8) is 0 Å². The molecular weight excluding hydrogens is 893 g/mol. The zero-order valence-electron chi connectivity index (χ0n) is 42.5. The summed E-state index contributed by atoms with van der Waals surface area (Å²) in [5, 5.41) is 4.91. The molecule has 1 aromatic heterocycles. The van der Waals surface area contributed by atoms with Crippen LogP contribution < -0.4 is 4.90 Å². The molecule has 0 radical (unpaired) electrons. The number of nitrogens with zero attached hydrogens (tertiary/aromatic N) is 2. The minimum Gasteiger partial charge on any atom is -0.314 e. The van der Waals surface area contributed by atoms with Crippen LogP contribution in [-0.4, -0.2) is 4.57 Å². The molecule has 74 heavy (non-hydrogen) atoms. The number of hydrogen-bond donors (Lipinski definition) is 0. The molecule has 1 heterocycles. The molecule has 0 saturated heterocycles. The second-order valence-corrected chi connectivity index (χ2v) is 19.2. The van der Waals surface area contributed by atoms with Gasteiger partial charge in [0.2, 0.25) is 0 Å². The smallest absolute Gasteiger partial charge is 0.0553 e. The normalized spacial score (nSPS) is 13.4. The predicted molar refractivity (Wildman–Crippen MR) is 320 cm³/mol. The molecule has 1 aliphatic carbocycles. The highest BCUT2D eigenvalue weighted by molar-refractivity contribution is 6.17. The van der Waals surface area contributed by atoms with Crippen molar-refractivity contribution >= 4 is 55.6 Å². The maximum absolute atomic E-state index is 4.33. The van der Waals surface area contributed by atoms with E-state index in [4.69, 9.17) is 0 Å². The average Bonchev–Trinajstić information content (AvgIpc) is 3.56. The highest BCUT2D eigenvalue weighted by Gasteiger charge is 2.21. The third-order valence-corrected chi connectivity index (χ3v) is 14.5. The Morgan fingerprint density at radius 3 is 2.14 bits per heavy atom. The Balaban J connectivity index is 1.10. The first kappa shape index (κ1) is 47.4. The average molecular weight is 953 g/mol. The van der Waals surface area contributed by atoms with Crippen molar-refractivity contribution in [2.75, 3.05) is 4.90 Å². The van der Waals surface area contributed by atoms with Gasteiger partial charge >= 0.3 is 0 Å². The molecule has 9 aromatic carbocycles. The number of rotatable bonds is 14. The molecule has 11 rings (SSSR count). The SMILES string of the molecule is C=C/C(=C\C=C(/C)N(c1ccc(-c2cccc3ccccc23)cc1)c1cccc(-c2cc(C3=CC=CCC=C3)cc3c2c2ccc(-c4ccccc4)cc2n3-c2ccccc2)c1)C(C)c1ccccc1/C=C\CC. The summed E-state index contributed by atoms with van der Waals surface area (Å²) >= 11 is 0. The number of benzene rings is 9. The van der Waals surface area contributed by atoms with Gasteiger partial charge in [-0.3, -0.25) is 0 Å². The van der Waals surface area contributed by atoms with E-state index in [1.807, 2.05) is 6.08 Å². The highest BCUT2D eigenvalue weighted by atomic mass is 15.1. The Labute approximate surface area is 436 Å². The molecule has 1 unspecified atom stereocenters. The first-order valence-electron chi connectivity index (χ1n) is 26.0. The fourth-order valence-electron chi connectivity index (χ4n) is 10.8. The summed E-state index contributed by atoms with van der Waals surface area (Å²) in [6.45, 7) is 11.0. The first-order valence-corrected chi connectivity index (χ1v) is 26.0. The van der Waals surface area contributed by atoms with Gasteiger partial charge in [0, 0.05) is 39.4 Å². The minimum atomic E-state index is 0.136. The van der Waals surface area contributed by atoms with Crippen LogP contribution in [0.5, 0.6) is 0 Å². The van der Waals surface area contributed by atoms with E-state index >= 15 is 0 Å². The lowest BCUT2D eigenvalue weighted by Crippen LogP contribution is -2.14. The van der Waals surface area contributed by atoms with Crippen LogP contribution in [0.25, 0.3) is 83.3 Å². The quantitative estimate of drug-likeness (QED) is 0.0986. The summed E-state index contributed by atoms with van der Waals surface area (Å²) in [6, 6.07) is 75.5. The second-order valence-electron chi connectivity index (χ2n) is 19.2. The third-order valence-electron chi connectivity index (χ3n) is 14.5. The van der Waals surface area contributed by atoms with Crippen molar-refractivity contribution in [3.8, 4) is 39.1 Å². The van der Waals surface area contributed by atoms with E-state index in [1.54, 1.807) is 0 Å². The van der Waals surface area contributed by atoms with Crippen LogP contribution in [0, 0.1) is 0 Å². The standard InChI is InChI=1S/C72H60N2/c1-5-7-24-56-29-18-20-36-65(56)52(4)53(6-2)40-39-51(3)73(63-44-41-58(42-45-63)67-38-23-31-57-30-19-21-37-66(57)67)64-35-22-32-60(47-64)69-48-61(55-27-12-8-9-13-28-55)50-71-72(69)68-46-43-59(54-25-14-10-15-26-54)49-70(68)74(71)62-33-16-11-17-34-62/h6-8,10-50,52H,2,5,9H2,1,3-4H3/b24-7-,51-39+,53-40+. The van der Waals surface area contributed by atoms with Crippen LogP contribution in [-0.2, 0) is 0 Å². The summed E-state index contributed by atoms with van der Waals surface area (Å²) in [7, 11) is 0. The zero-order chi connectivity index (χ0) is 50.4. The van der Waals surface area contributed by atoms with E-state index < -0.39 is 0 Å². The lowest BCUT2D eigenvalue weighted by molar-refractivity contribution is 0.918. The molecule has 10 aromatic rings. The van der Waals surface area contributed by atoms with Gasteiger partial charge in [-0.1, -0.05) is 227 Å². The van der Waals surface area contributed by atoms with Gasteiger partial charge < -0.3 is 9.47 Å². The molecule has 1 atom stereocenters. The van der Waals surface area contributed by atoms with Crippen molar-refractivity contribution < 1.29 is 0 Å². The molecule has 1 aliphatic rings. The van der Waals surface area contributed by atoms with Crippen LogP contribution in [0.15, 0.2) is 279 Å². The van der Waals surface area contributed by atoms with E-state index in [0.717, 1.165) is 52.3 Å². The first-order chi connectivity index (χ1) is 36.5. The molecule has 0 N–H and O–H groups in total. The summed E-state index contributed by atoms with van der Waals surface area (Å²) in [5.74, 6) is 0.136. The van der Waals surface area contributed by atoms with E-state index in [0.29, 0.717) is 0 Å². The van der Waals surface area contributed by atoms with Gasteiger partial charge in [0.1, 0.15) is 0 Å². The molecule has 2 nitrogen and oxygen atoms in total. The van der Waals surface area contributed by atoms with Crippen LogP contribution in [0.2, 0.25) is 0 Å². The minimum absolute atomic E-state index is 0.136. The van der Waals surface area contributed by atoms with Crippen molar-refractivity contribution in [2.24, 2.45) is 0 Å². The number of hydrogen-bond acceptors (Lipinski definition) is 1. The van der Waals surface area contributed by atoms with Gasteiger partial charge in [0.25, 0.3) is 0 Å². The van der Waals surface area contributed by atoms with Crippen LogP contribution in [0.1, 0.15) is 56.2 Å². The lowest BCUT2D eigenvalue weighted by Gasteiger charge is -2.27. The van der Waals surface area contributed by atoms with Crippen molar-refractivity contribution in [1.29, 1.82) is 0 Å². The molecule has 0 spiro atoms. The van der Waals surface area contributed by atoms with Crippen LogP contribution in [0.4, 0.5) is 11.4 Å². The fraction of sp³-hybridized carbons (Fsp3) is 0.0833. The maximum atomic E-state index is 4.33. The molecule has 0 amide bonds. The number of fused-ring (bicyclic) bond motifs is 4. The number of allylic oxidation sites excluding steroid dienone is 12. The second kappa shape index (κ2) is 21.4. The topological polar surface area (TPSA) is 8.17 Å². The highest BCUT2D eigenvalue weighted by Crippen LogP contribution is 2.44. The van der Waals surface area contributed by atoms with Gasteiger partial charge in [-0.2, -0.15) is 0 Å². The van der Waals surface area contributed by atoms with E-state index in [-0.39, 0.29) is 5.92 Å². The van der Waals surface area contributed by atoms with Gasteiger partial charge in [0.15, 0.2) is 0 Å². The molecule has 0 bridgehead atoms. The van der Waals surface area contributed by atoms with Gasteiger partial charge in [0.05, 0.1) is 11.0 Å². The van der Waals surface area contributed by atoms with Gasteiger partial charge in [-0.15, -0.1) is 0 Å². The van der Waals surface area contributed by atoms with Crippen molar-refractivity contribution in [2.45, 2.75) is 39.5 Å². The summed E-state index contributed by atoms with van der Waals surface area (Å²) < 4.78 is 2.46. The number of aromatic nitrogens is 1. The molecular formula is C72H60N2. The largest absolute Gasteiger partial charge is 0.314 e. The summed E-state index contributed by atoms with van der Waals surface area (Å²) in [5.41, 5.74) is 19.8. The number of para-hydroxylation sites is 1. The lowest BCUT2D eigenvalue weighted by atomic mass is 9.88. The molecule has 0 fully saturated rings. The zero-order valence-corrected chi connectivity index (χ0v) is 42.5. The fourth-order valence-corrected chi connectivity index (χ4v) is 10.8. The summed E-state index contributed by atoms with van der Waals surface area (Å²) in [4.78, 5) is 2.40. The van der Waals surface area contributed by atoms with Crippen molar-refractivity contribution in [3.05, 3.63) is 295 Å². The van der Waals surface area contributed by atoms with Crippen molar-refractivity contribution in [1.82, 2.24) is 4.57 Å². The molecule has 2 heteroatoms. The van der Waals surface area contributed by atoms with E-state index in [2.05, 4.69) is 298 Å². The van der Waals surface area contributed by atoms with Gasteiger partial charge in [-0.25, -0.2) is 0 Å². The Kier molecular flexibility index (Phi) is 13.7. The van der Waals surface area contributed by atoms with Crippen LogP contribution in [0.3, 0.4) is 0 Å². The Morgan fingerprint density at radius 2 is 1.31 bits per heavy atom. The van der Waals surface area contributed by atoms with E-state index in [9.17, 15) is 0 Å².